The molecule has 0 spiro atoms. The number of carbonyl (C=O) groups is 1. The average Bonchev–Trinajstić information content (AvgIpc) is 3.43. The highest BCUT2D eigenvalue weighted by Crippen LogP contribution is 2.28. The standard InChI is InChI=1S/C20H21N3O5S2/c1-14-5-7-15(8-6-14)19-21-17(22-28-19)13-27-20(24)18-16(9-12-29-18)30(25,26)23-10-3-2-4-11-23/h5-9,12H,2-4,10-11,13H2,1H3. The minimum Gasteiger partial charge on any atom is -0.453 e. The Kier molecular flexibility index (Phi) is 5.98. The van der Waals surface area contributed by atoms with E-state index in [2.05, 4.69) is 10.1 Å². The van der Waals surface area contributed by atoms with Crippen molar-refractivity contribution in [2.45, 2.75) is 37.7 Å². The van der Waals surface area contributed by atoms with E-state index in [9.17, 15) is 13.2 Å². The number of carbonyl (C=O) groups excluding carboxylic acids is 1. The zero-order valence-electron chi connectivity index (χ0n) is 16.4. The number of rotatable bonds is 6. The summed E-state index contributed by atoms with van der Waals surface area (Å²) >= 11 is 1.04. The van der Waals surface area contributed by atoms with Crippen LogP contribution in [0.2, 0.25) is 0 Å². The summed E-state index contributed by atoms with van der Waals surface area (Å²) < 4.78 is 37.8. The lowest BCUT2D eigenvalue weighted by molar-refractivity contribution is 0.0461. The molecular weight excluding hydrogens is 426 g/mol. The first-order valence-corrected chi connectivity index (χ1v) is 11.9. The molecule has 0 bridgehead atoms. The number of piperidine rings is 1. The van der Waals surface area contributed by atoms with Crippen LogP contribution in [0, 0.1) is 6.92 Å². The van der Waals surface area contributed by atoms with E-state index in [1.165, 1.54) is 10.4 Å². The summed E-state index contributed by atoms with van der Waals surface area (Å²) in [6, 6.07) is 9.04. The van der Waals surface area contributed by atoms with E-state index in [-0.39, 0.29) is 22.2 Å². The maximum absolute atomic E-state index is 12.9. The van der Waals surface area contributed by atoms with E-state index in [0.29, 0.717) is 19.0 Å². The van der Waals surface area contributed by atoms with Crippen LogP contribution >= 0.6 is 11.3 Å². The summed E-state index contributed by atoms with van der Waals surface area (Å²) in [6.45, 7) is 2.71. The van der Waals surface area contributed by atoms with Gasteiger partial charge in [-0.1, -0.05) is 29.3 Å². The molecule has 3 aromatic rings. The average molecular weight is 448 g/mol. The number of thiophene rings is 1. The first-order chi connectivity index (χ1) is 14.4. The Bertz CT molecular complexity index is 1130. The smallest absolute Gasteiger partial charge is 0.350 e. The van der Waals surface area contributed by atoms with Crippen LogP contribution in [0.25, 0.3) is 11.5 Å². The third kappa shape index (κ3) is 4.30. The number of sulfonamides is 1. The molecule has 158 valence electrons. The molecule has 3 heterocycles. The molecular formula is C20H21N3O5S2. The van der Waals surface area contributed by atoms with E-state index >= 15 is 0 Å². The van der Waals surface area contributed by atoms with Gasteiger partial charge < -0.3 is 9.26 Å². The fourth-order valence-corrected chi connectivity index (χ4v) is 6.02. The van der Waals surface area contributed by atoms with Gasteiger partial charge >= 0.3 is 5.97 Å². The van der Waals surface area contributed by atoms with E-state index in [4.69, 9.17) is 9.26 Å². The number of esters is 1. The van der Waals surface area contributed by atoms with Crippen molar-refractivity contribution in [1.82, 2.24) is 14.4 Å². The zero-order chi connectivity index (χ0) is 21.1. The molecule has 1 aromatic carbocycles. The molecule has 2 aromatic heterocycles. The summed E-state index contributed by atoms with van der Waals surface area (Å²) in [6.07, 6.45) is 2.66. The molecule has 0 radical (unpaired) electrons. The minimum atomic E-state index is -3.72. The molecule has 4 rings (SSSR count). The number of benzene rings is 1. The molecule has 0 saturated carbocycles. The largest absolute Gasteiger partial charge is 0.453 e. The van der Waals surface area contributed by atoms with Crippen LogP contribution in [-0.2, 0) is 21.4 Å². The molecule has 10 heteroatoms. The van der Waals surface area contributed by atoms with Crippen molar-refractivity contribution >= 4 is 27.3 Å². The molecule has 8 nitrogen and oxygen atoms in total. The predicted octanol–water partition coefficient (Wildman–Crippen LogP) is 3.64. The number of aromatic nitrogens is 2. The predicted molar refractivity (Wildman–Crippen MR) is 111 cm³/mol. The molecule has 1 saturated heterocycles. The van der Waals surface area contributed by atoms with Crippen LogP contribution in [-0.4, -0.2) is 41.9 Å². The summed E-state index contributed by atoms with van der Waals surface area (Å²) in [5.41, 5.74) is 1.87. The Hall–Kier alpha value is -2.56. The Morgan fingerprint density at radius 1 is 1.17 bits per heavy atom. The minimum absolute atomic E-state index is 0.00661. The van der Waals surface area contributed by atoms with Crippen LogP contribution in [0.5, 0.6) is 0 Å². The van der Waals surface area contributed by atoms with E-state index in [0.717, 1.165) is 41.7 Å². The van der Waals surface area contributed by atoms with Gasteiger partial charge in [-0.25, -0.2) is 13.2 Å². The van der Waals surface area contributed by atoms with Crippen molar-refractivity contribution in [2.75, 3.05) is 13.1 Å². The summed E-state index contributed by atoms with van der Waals surface area (Å²) in [4.78, 5) is 16.8. The molecule has 1 aliphatic heterocycles. The van der Waals surface area contributed by atoms with Gasteiger partial charge in [-0.15, -0.1) is 11.3 Å². The van der Waals surface area contributed by atoms with Crippen molar-refractivity contribution in [3.8, 4) is 11.5 Å². The van der Waals surface area contributed by atoms with E-state index < -0.39 is 16.0 Å². The molecule has 0 unspecified atom stereocenters. The Morgan fingerprint density at radius 3 is 2.63 bits per heavy atom. The van der Waals surface area contributed by atoms with Crippen LogP contribution in [0.4, 0.5) is 0 Å². The highest BCUT2D eigenvalue weighted by Gasteiger charge is 2.31. The molecule has 0 amide bonds. The van der Waals surface area contributed by atoms with Gasteiger partial charge in [0.05, 0.1) is 0 Å². The fraction of sp³-hybridized carbons (Fsp3) is 0.350. The number of nitrogens with zero attached hydrogens (tertiary/aromatic N) is 3. The van der Waals surface area contributed by atoms with Gasteiger partial charge in [-0.3, -0.25) is 0 Å². The van der Waals surface area contributed by atoms with Gasteiger partial charge in [0.25, 0.3) is 5.89 Å². The van der Waals surface area contributed by atoms with Gasteiger partial charge in [0, 0.05) is 18.7 Å². The Balaban J connectivity index is 1.44. The van der Waals surface area contributed by atoms with Crippen LogP contribution in [0.3, 0.4) is 0 Å². The second-order valence-corrected chi connectivity index (χ2v) is 9.86. The highest BCUT2D eigenvalue weighted by molar-refractivity contribution is 7.89. The van der Waals surface area contributed by atoms with Gasteiger partial charge in [-0.2, -0.15) is 9.29 Å². The number of aryl methyl sites for hydroxylation is 1. The lowest BCUT2D eigenvalue weighted by atomic mass is 10.1. The van der Waals surface area contributed by atoms with Crippen LogP contribution < -0.4 is 0 Å². The van der Waals surface area contributed by atoms with Crippen LogP contribution in [0.15, 0.2) is 45.1 Å². The molecule has 0 aliphatic carbocycles. The number of hydrogen-bond acceptors (Lipinski definition) is 8. The fourth-order valence-electron chi connectivity index (χ4n) is 3.22. The molecule has 0 atom stereocenters. The monoisotopic (exact) mass is 447 g/mol. The quantitative estimate of drug-likeness (QED) is 0.532. The Labute approximate surface area is 178 Å². The SMILES string of the molecule is Cc1ccc(-c2nc(COC(=O)c3sccc3S(=O)(=O)N3CCCCC3)no2)cc1. The molecule has 30 heavy (non-hydrogen) atoms. The van der Waals surface area contributed by atoms with Gasteiger partial charge in [0.2, 0.25) is 15.8 Å². The maximum atomic E-state index is 12.9. The third-order valence-electron chi connectivity index (χ3n) is 4.85. The van der Waals surface area contributed by atoms with Gasteiger partial charge in [0.15, 0.2) is 6.61 Å². The van der Waals surface area contributed by atoms with Crippen molar-refractivity contribution in [3.05, 3.63) is 52.0 Å². The second-order valence-electron chi connectivity index (χ2n) is 7.04. The van der Waals surface area contributed by atoms with Gasteiger partial charge in [-0.05, 0) is 43.3 Å². The Morgan fingerprint density at radius 2 is 1.90 bits per heavy atom. The molecule has 1 fully saturated rings. The number of ether oxygens (including phenoxy) is 1. The summed E-state index contributed by atoms with van der Waals surface area (Å²) in [5.74, 6) is -0.191. The normalized spacial score (nSPS) is 15.2. The highest BCUT2D eigenvalue weighted by atomic mass is 32.2. The summed E-state index contributed by atoms with van der Waals surface area (Å²) in [7, 11) is -3.72. The molecule has 1 aliphatic rings. The van der Waals surface area contributed by atoms with E-state index in [1.807, 2.05) is 31.2 Å². The maximum Gasteiger partial charge on any atom is 0.350 e. The van der Waals surface area contributed by atoms with Crippen LogP contribution in [0.1, 0.15) is 40.3 Å². The number of hydrogen-bond donors (Lipinski definition) is 0. The third-order valence-corrected chi connectivity index (χ3v) is 7.81. The topological polar surface area (TPSA) is 103 Å². The van der Waals surface area contributed by atoms with Crippen molar-refractivity contribution in [3.63, 3.8) is 0 Å². The van der Waals surface area contributed by atoms with E-state index in [1.54, 1.807) is 5.38 Å². The first kappa shape index (κ1) is 20.7. The summed E-state index contributed by atoms with van der Waals surface area (Å²) in [5, 5.41) is 5.41. The van der Waals surface area contributed by atoms with Gasteiger partial charge in [0.1, 0.15) is 9.77 Å². The van der Waals surface area contributed by atoms with Crippen molar-refractivity contribution < 1.29 is 22.5 Å². The molecule has 0 N–H and O–H groups in total. The zero-order valence-corrected chi connectivity index (χ0v) is 18.0. The first-order valence-electron chi connectivity index (χ1n) is 9.59. The van der Waals surface area contributed by atoms with Crippen molar-refractivity contribution in [1.29, 1.82) is 0 Å². The van der Waals surface area contributed by atoms with Crippen molar-refractivity contribution in [2.24, 2.45) is 0 Å². The lowest BCUT2D eigenvalue weighted by Crippen LogP contribution is -2.36. The second kappa shape index (κ2) is 8.66. The lowest BCUT2D eigenvalue weighted by Gasteiger charge is -2.25.